The Balaban J connectivity index is 1.89. The van der Waals surface area contributed by atoms with E-state index in [2.05, 4.69) is 9.82 Å². The normalized spacial score (nSPS) is 11.1. The Morgan fingerprint density at radius 3 is 2.48 bits per heavy atom. The molecule has 25 heavy (non-hydrogen) atoms. The van der Waals surface area contributed by atoms with Gasteiger partial charge in [-0.2, -0.15) is 5.10 Å². The van der Waals surface area contributed by atoms with Crippen molar-refractivity contribution in [3.05, 3.63) is 60.9 Å². The van der Waals surface area contributed by atoms with Gasteiger partial charge in [-0.1, -0.05) is 18.2 Å². The first kappa shape index (κ1) is 16.8. The van der Waals surface area contributed by atoms with Crippen LogP contribution < -0.4 is 14.2 Å². The summed E-state index contributed by atoms with van der Waals surface area (Å²) < 4.78 is 39.6. The molecule has 0 bridgehead atoms. The summed E-state index contributed by atoms with van der Waals surface area (Å²) in [6, 6.07) is 14.1. The number of nitrogens with zero attached hydrogens (tertiary/aromatic N) is 2. The number of hydrogen-bond donors (Lipinski definition) is 1. The Morgan fingerprint density at radius 1 is 1.04 bits per heavy atom. The fourth-order valence-electron chi connectivity index (χ4n) is 2.25. The number of sulfonamides is 1. The Morgan fingerprint density at radius 2 is 1.80 bits per heavy atom. The number of benzene rings is 2. The van der Waals surface area contributed by atoms with E-state index in [9.17, 15) is 8.42 Å². The maximum absolute atomic E-state index is 12.6. The molecule has 130 valence electrons. The second kappa shape index (κ2) is 6.86. The highest BCUT2D eigenvalue weighted by atomic mass is 32.2. The average molecular weight is 359 g/mol. The van der Waals surface area contributed by atoms with Gasteiger partial charge in [0.1, 0.15) is 16.4 Å². The lowest BCUT2D eigenvalue weighted by Gasteiger charge is -2.12. The predicted molar refractivity (Wildman–Crippen MR) is 93.9 cm³/mol. The van der Waals surface area contributed by atoms with Gasteiger partial charge in [0.05, 0.1) is 38.0 Å². The molecule has 2 aromatic carbocycles. The monoisotopic (exact) mass is 359 g/mol. The third kappa shape index (κ3) is 3.58. The minimum atomic E-state index is -3.81. The number of aromatic nitrogens is 2. The van der Waals surface area contributed by atoms with Crippen LogP contribution in [0.2, 0.25) is 0 Å². The van der Waals surface area contributed by atoms with Gasteiger partial charge in [-0.15, -0.1) is 0 Å². The van der Waals surface area contributed by atoms with Crippen LogP contribution in [0.5, 0.6) is 11.5 Å². The molecule has 0 saturated carbocycles. The second-order valence-corrected chi connectivity index (χ2v) is 6.81. The maximum Gasteiger partial charge on any atom is 0.265 e. The molecule has 0 fully saturated rings. The number of anilines is 1. The van der Waals surface area contributed by atoms with Crippen LogP contribution in [0, 0.1) is 0 Å². The third-order valence-electron chi connectivity index (χ3n) is 3.54. The Labute approximate surface area is 145 Å². The summed E-state index contributed by atoms with van der Waals surface area (Å²) >= 11 is 0. The van der Waals surface area contributed by atoms with E-state index in [0.29, 0.717) is 17.2 Å². The summed E-state index contributed by atoms with van der Waals surface area (Å²) in [5.74, 6) is 0.926. The lowest BCUT2D eigenvalue weighted by atomic mass is 10.3. The van der Waals surface area contributed by atoms with E-state index in [1.54, 1.807) is 18.2 Å². The van der Waals surface area contributed by atoms with E-state index in [1.165, 1.54) is 31.3 Å². The van der Waals surface area contributed by atoms with Crippen LogP contribution in [0.25, 0.3) is 5.69 Å². The number of para-hydroxylation sites is 1. The number of hydrogen-bond acceptors (Lipinski definition) is 5. The lowest BCUT2D eigenvalue weighted by molar-refractivity contribution is 0.395. The van der Waals surface area contributed by atoms with Crippen LogP contribution in [-0.2, 0) is 10.0 Å². The molecule has 0 radical (unpaired) electrons. The minimum Gasteiger partial charge on any atom is -0.497 e. The molecule has 0 aliphatic heterocycles. The molecular formula is C17H17N3O4S. The van der Waals surface area contributed by atoms with Crippen LogP contribution >= 0.6 is 0 Å². The van der Waals surface area contributed by atoms with E-state index in [1.807, 2.05) is 30.3 Å². The van der Waals surface area contributed by atoms with Gasteiger partial charge in [-0.3, -0.25) is 4.72 Å². The molecule has 0 unspecified atom stereocenters. The van der Waals surface area contributed by atoms with E-state index < -0.39 is 10.0 Å². The lowest BCUT2D eigenvalue weighted by Crippen LogP contribution is -2.13. The molecule has 1 N–H and O–H groups in total. The van der Waals surface area contributed by atoms with Crippen molar-refractivity contribution in [1.29, 1.82) is 0 Å². The van der Waals surface area contributed by atoms with Gasteiger partial charge in [0.15, 0.2) is 0 Å². The average Bonchev–Trinajstić information content (AvgIpc) is 3.14. The van der Waals surface area contributed by atoms with Gasteiger partial charge in [-0.05, 0) is 24.3 Å². The molecule has 0 amide bonds. The summed E-state index contributed by atoms with van der Waals surface area (Å²) in [7, 11) is -0.824. The fraction of sp³-hybridized carbons (Fsp3) is 0.118. The number of nitrogens with one attached hydrogen (secondary N) is 1. The van der Waals surface area contributed by atoms with Crippen molar-refractivity contribution < 1.29 is 17.9 Å². The van der Waals surface area contributed by atoms with Gasteiger partial charge in [0.2, 0.25) is 0 Å². The van der Waals surface area contributed by atoms with Crippen molar-refractivity contribution in [2.45, 2.75) is 4.90 Å². The molecule has 1 aromatic heterocycles. The predicted octanol–water partition coefficient (Wildman–Crippen LogP) is 2.69. The van der Waals surface area contributed by atoms with Crippen LogP contribution in [0.1, 0.15) is 0 Å². The highest BCUT2D eigenvalue weighted by Gasteiger charge is 2.19. The van der Waals surface area contributed by atoms with Crippen molar-refractivity contribution in [3.8, 4) is 17.2 Å². The molecule has 8 heteroatoms. The first-order valence-corrected chi connectivity index (χ1v) is 8.87. The van der Waals surface area contributed by atoms with Crippen LogP contribution in [0.4, 0.5) is 5.69 Å². The van der Waals surface area contributed by atoms with E-state index in [4.69, 9.17) is 9.47 Å². The zero-order valence-corrected chi connectivity index (χ0v) is 14.5. The quantitative estimate of drug-likeness (QED) is 0.732. The van der Waals surface area contributed by atoms with E-state index in [-0.39, 0.29) is 4.90 Å². The van der Waals surface area contributed by atoms with Gasteiger partial charge < -0.3 is 9.47 Å². The largest absolute Gasteiger partial charge is 0.497 e. The summed E-state index contributed by atoms with van der Waals surface area (Å²) in [6.07, 6.45) is 2.75. The summed E-state index contributed by atoms with van der Waals surface area (Å²) in [4.78, 5) is 0.0502. The number of rotatable bonds is 6. The van der Waals surface area contributed by atoms with E-state index >= 15 is 0 Å². The molecule has 3 rings (SSSR count). The topological polar surface area (TPSA) is 82.5 Å². The van der Waals surface area contributed by atoms with Gasteiger partial charge in [0.25, 0.3) is 10.0 Å². The van der Waals surface area contributed by atoms with Crippen LogP contribution in [0.15, 0.2) is 65.8 Å². The third-order valence-corrected chi connectivity index (χ3v) is 4.86. The summed E-state index contributed by atoms with van der Waals surface area (Å²) in [5.41, 5.74) is 1.08. The van der Waals surface area contributed by atoms with Gasteiger partial charge in [0, 0.05) is 6.07 Å². The molecule has 3 aromatic rings. The second-order valence-electron chi connectivity index (χ2n) is 5.13. The van der Waals surface area contributed by atoms with Gasteiger partial charge >= 0.3 is 0 Å². The molecule has 1 heterocycles. The molecule has 0 spiro atoms. The SMILES string of the molecule is COc1ccc(NS(=O)(=O)c2cnn(-c3ccccc3)c2)c(OC)c1. The highest BCUT2D eigenvalue weighted by Crippen LogP contribution is 2.30. The van der Waals surface area contributed by atoms with Crippen molar-refractivity contribution in [2.24, 2.45) is 0 Å². The summed E-state index contributed by atoms with van der Waals surface area (Å²) in [6.45, 7) is 0. The Kier molecular flexibility index (Phi) is 4.62. The zero-order valence-electron chi connectivity index (χ0n) is 13.7. The summed E-state index contributed by atoms with van der Waals surface area (Å²) in [5, 5.41) is 4.11. The van der Waals surface area contributed by atoms with Gasteiger partial charge in [-0.25, -0.2) is 13.1 Å². The standard InChI is InChI=1S/C17H17N3O4S/c1-23-14-8-9-16(17(10-14)24-2)19-25(21,22)15-11-18-20(12-15)13-6-4-3-5-7-13/h3-12,19H,1-2H3. The Bertz CT molecular complexity index is 969. The zero-order chi connectivity index (χ0) is 17.9. The van der Waals surface area contributed by atoms with Crippen LogP contribution in [-0.4, -0.2) is 32.4 Å². The smallest absolute Gasteiger partial charge is 0.265 e. The molecular weight excluding hydrogens is 342 g/mol. The van der Waals surface area contributed by atoms with Crippen molar-refractivity contribution >= 4 is 15.7 Å². The van der Waals surface area contributed by atoms with Crippen molar-refractivity contribution in [3.63, 3.8) is 0 Å². The Hall–Kier alpha value is -3.00. The number of ether oxygens (including phenoxy) is 2. The first-order valence-electron chi connectivity index (χ1n) is 7.38. The van der Waals surface area contributed by atoms with Crippen molar-refractivity contribution in [2.75, 3.05) is 18.9 Å². The molecule has 0 aliphatic rings. The molecule has 7 nitrogen and oxygen atoms in total. The van der Waals surface area contributed by atoms with Crippen LogP contribution in [0.3, 0.4) is 0 Å². The molecule has 0 aliphatic carbocycles. The highest BCUT2D eigenvalue weighted by molar-refractivity contribution is 7.92. The maximum atomic E-state index is 12.6. The fourth-order valence-corrected chi connectivity index (χ4v) is 3.25. The first-order chi connectivity index (χ1) is 12.0. The molecule has 0 saturated heterocycles. The van der Waals surface area contributed by atoms with E-state index in [0.717, 1.165) is 5.69 Å². The number of methoxy groups -OCH3 is 2. The molecule has 0 atom stereocenters. The van der Waals surface area contributed by atoms with Crippen molar-refractivity contribution in [1.82, 2.24) is 9.78 Å². The minimum absolute atomic E-state index is 0.0502.